The molecular weight excluding hydrogens is 354 g/mol. The molecule has 0 radical (unpaired) electrons. The van der Waals surface area contributed by atoms with E-state index < -0.39 is 0 Å². The summed E-state index contributed by atoms with van der Waals surface area (Å²) in [5.41, 5.74) is 3.90. The number of fused-ring (bicyclic) bond motifs is 1. The van der Waals surface area contributed by atoms with E-state index in [1.54, 1.807) is 0 Å². The van der Waals surface area contributed by atoms with Gasteiger partial charge in [0.25, 0.3) is 0 Å². The number of rotatable bonds is 5. The molecule has 2 aliphatic heterocycles. The fourth-order valence-electron chi connectivity index (χ4n) is 3.81. The molecule has 0 atom stereocenters. The molecule has 0 aromatic heterocycles. The first kappa shape index (κ1) is 18.6. The smallest absolute Gasteiger partial charge is 0.335 e. The predicted molar refractivity (Wildman–Crippen MR) is 107 cm³/mol. The maximum atomic E-state index is 12.8. The Labute approximate surface area is 165 Å². The minimum absolute atomic E-state index is 0.246. The zero-order chi connectivity index (χ0) is 19.3. The van der Waals surface area contributed by atoms with E-state index in [1.165, 1.54) is 5.56 Å². The highest BCUT2D eigenvalue weighted by atomic mass is 16.6. The number of para-hydroxylation sites is 1. The lowest BCUT2D eigenvalue weighted by Crippen LogP contribution is -2.34. The Morgan fingerprint density at radius 1 is 1.07 bits per heavy atom. The van der Waals surface area contributed by atoms with Gasteiger partial charge in [-0.1, -0.05) is 42.5 Å². The summed E-state index contributed by atoms with van der Waals surface area (Å²) in [4.78, 5) is 15.1. The van der Waals surface area contributed by atoms with Gasteiger partial charge in [-0.2, -0.15) is 0 Å². The Balaban J connectivity index is 1.67. The van der Waals surface area contributed by atoms with Crippen molar-refractivity contribution in [3.8, 4) is 11.5 Å². The van der Waals surface area contributed by atoms with Crippen molar-refractivity contribution in [3.05, 3.63) is 65.2 Å². The number of hydrogen-bond donors (Lipinski definition) is 0. The zero-order valence-electron chi connectivity index (χ0n) is 16.1. The fourth-order valence-corrected chi connectivity index (χ4v) is 3.81. The van der Waals surface area contributed by atoms with Crippen molar-refractivity contribution in [1.29, 1.82) is 0 Å². The van der Waals surface area contributed by atoms with Crippen molar-refractivity contribution in [2.75, 3.05) is 32.9 Å². The molecule has 0 N–H and O–H groups in total. The Morgan fingerprint density at radius 3 is 2.71 bits per heavy atom. The van der Waals surface area contributed by atoms with Crippen LogP contribution in [0, 0.1) is 0 Å². The number of carbonyl (C=O) groups excluding carboxylic acids is 1. The second kappa shape index (κ2) is 8.48. The van der Waals surface area contributed by atoms with Gasteiger partial charge in [0, 0.05) is 25.2 Å². The maximum Gasteiger partial charge on any atom is 0.335 e. The van der Waals surface area contributed by atoms with Crippen molar-refractivity contribution >= 4 is 11.5 Å². The summed E-state index contributed by atoms with van der Waals surface area (Å²) in [7, 11) is 0. The van der Waals surface area contributed by atoms with Crippen LogP contribution in [0.15, 0.2) is 54.1 Å². The van der Waals surface area contributed by atoms with E-state index in [-0.39, 0.29) is 5.97 Å². The molecule has 0 saturated carbocycles. The number of nitrogens with zero attached hydrogens (tertiary/aromatic N) is 1. The van der Waals surface area contributed by atoms with E-state index in [4.69, 9.17) is 14.2 Å². The molecule has 146 valence electrons. The molecule has 5 nitrogen and oxygen atoms in total. The second-order valence-electron chi connectivity index (χ2n) is 6.95. The summed E-state index contributed by atoms with van der Waals surface area (Å²) in [5, 5.41) is 0. The maximum absolute atomic E-state index is 12.8. The number of carbonyl (C=O) groups is 1. The van der Waals surface area contributed by atoms with Gasteiger partial charge in [-0.3, -0.25) is 4.90 Å². The number of esters is 1. The molecular formula is C23H25NO4. The lowest BCUT2D eigenvalue weighted by Gasteiger charge is -2.31. The molecule has 4 rings (SSSR count). The first-order valence-corrected chi connectivity index (χ1v) is 9.80. The highest BCUT2D eigenvalue weighted by molar-refractivity contribution is 5.99. The summed E-state index contributed by atoms with van der Waals surface area (Å²) >= 11 is 0. The van der Waals surface area contributed by atoms with E-state index in [0.717, 1.165) is 42.1 Å². The average molecular weight is 379 g/mol. The molecule has 0 saturated heterocycles. The largest absolute Gasteiger partial charge is 0.486 e. The molecule has 2 heterocycles. The number of ether oxygens (including phenoxy) is 3. The fraction of sp³-hybridized carbons (Fsp3) is 0.348. The van der Waals surface area contributed by atoms with Crippen LogP contribution in [0.4, 0.5) is 0 Å². The minimum Gasteiger partial charge on any atom is -0.486 e. The zero-order valence-corrected chi connectivity index (χ0v) is 16.1. The van der Waals surface area contributed by atoms with Crippen LogP contribution >= 0.6 is 0 Å². The van der Waals surface area contributed by atoms with Crippen LogP contribution in [-0.4, -0.2) is 43.8 Å². The third-order valence-electron chi connectivity index (χ3n) is 5.09. The molecule has 0 bridgehead atoms. The van der Waals surface area contributed by atoms with E-state index in [9.17, 15) is 4.79 Å². The van der Waals surface area contributed by atoms with E-state index in [1.807, 2.05) is 43.3 Å². The summed E-state index contributed by atoms with van der Waals surface area (Å²) in [6.07, 6.45) is 0.765. The second-order valence-corrected chi connectivity index (χ2v) is 6.95. The molecule has 2 aliphatic rings. The Morgan fingerprint density at radius 2 is 1.89 bits per heavy atom. The Hall–Kier alpha value is -2.79. The van der Waals surface area contributed by atoms with Crippen molar-refractivity contribution in [2.24, 2.45) is 0 Å². The van der Waals surface area contributed by atoms with Crippen LogP contribution in [0.25, 0.3) is 5.57 Å². The molecule has 2 aromatic carbocycles. The van der Waals surface area contributed by atoms with Gasteiger partial charge in [-0.25, -0.2) is 4.79 Å². The number of hydrogen-bond acceptors (Lipinski definition) is 5. The molecule has 0 amide bonds. The molecule has 0 spiro atoms. The SMILES string of the molecule is CCOC(=O)C1=C(c2cccc3c2OCCO3)CCN(Cc2ccccc2)C1. The Bertz CT molecular complexity index is 875. The first-order chi connectivity index (χ1) is 13.8. The minimum atomic E-state index is -0.246. The van der Waals surface area contributed by atoms with Gasteiger partial charge < -0.3 is 14.2 Å². The van der Waals surface area contributed by atoms with Gasteiger partial charge >= 0.3 is 5.97 Å². The van der Waals surface area contributed by atoms with Crippen molar-refractivity contribution < 1.29 is 19.0 Å². The monoisotopic (exact) mass is 379 g/mol. The van der Waals surface area contributed by atoms with Crippen LogP contribution in [0.3, 0.4) is 0 Å². The van der Waals surface area contributed by atoms with Crippen LogP contribution < -0.4 is 9.47 Å². The van der Waals surface area contributed by atoms with Crippen LogP contribution in [0.1, 0.15) is 24.5 Å². The molecule has 28 heavy (non-hydrogen) atoms. The molecule has 0 fully saturated rings. The topological polar surface area (TPSA) is 48.0 Å². The third kappa shape index (κ3) is 3.90. The van der Waals surface area contributed by atoms with Gasteiger partial charge in [0.1, 0.15) is 13.2 Å². The Kier molecular flexibility index (Phi) is 5.63. The summed E-state index contributed by atoms with van der Waals surface area (Å²) in [6, 6.07) is 16.2. The van der Waals surface area contributed by atoms with Crippen LogP contribution in [0.2, 0.25) is 0 Å². The van der Waals surface area contributed by atoms with Crippen LogP contribution in [-0.2, 0) is 16.1 Å². The van der Waals surface area contributed by atoms with E-state index in [0.29, 0.717) is 31.9 Å². The molecule has 0 aliphatic carbocycles. The van der Waals surface area contributed by atoms with Gasteiger partial charge in [-0.15, -0.1) is 0 Å². The lowest BCUT2D eigenvalue weighted by molar-refractivity contribution is -0.138. The summed E-state index contributed by atoms with van der Waals surface area (Å²) < 4.78 is 17.0. The quantitative estimate of drug-likeness (QED) is 0.742. The molecule has 5 heteroatoms. The normalized spacial score (nSPS) is 16.8. The van der Waals surface area contributed by atoms with Gasteiger partial charge in [0.15, 0.2) is 11.5 Å². The molecule has 2 aromatic rings. The van der Waals surface area contributed by atoms with Crippen molar-refractivity contribution in [2.45, 2.75) is 19.9 Å². The van der Waals surface area contributed by atoms with Crippen molar-refractivity contribution in [1.82, 2.24) is 4.90 Å². The van der Waals surface area contributed by atoms with Gasteiger partial charge in [0.2, 0.25) is 0 Å². The van der Waals surface area contributed by atoms with Crippen LogP contribution in [0.5, 0.6) is 11.5 Å². The summed E-state index contributed by atoms with van der Waals surface area (Å²) in [5.74, 6) is 1.23. The summed E-state index contributed by atoms with van der Waals surface area (Å²) in [6.45, 7) is 5.51. The van der Waals surface area contributed by atoms with E-state index >= 15 is 0 Å². The predicted octanol–water partition coefficient (Wildman–Crippen LogP) is 3.68. The van der Waals surface area contributed by atoms with Crippen molar-refractivity contribution in [3.63, 3.8) is 0 Å². The van der Waals surface area contributed by atoms with Gasteiger partial charge in [-0.05, 0) is 30.5 Å². The molecule has 0 unspecified atom stereocenters. The van der Waals surface area contributed by atoms with Gasteiger partial charge in [0.05, 0.1) is 12.2 Å². The van der Waals surface area contributed by atoms with E-state index in [2.05, 4.69) is 17.0 Å². The highest BCUT2D eigenvalue weighted by Gasteiger charge is 2.29. The number of benzene rings is 2. The third-order valence-corrected chi connectivity index (χ3v) is 5.09. The highest BCUT2D eigenvalue weighted by Crippen LogP contribution is 2.41. The standard InChI is InChI=1S/C23H25NO4/c1-2-26-23(25)20-16-24(15-17-7-4-3-5-8-17)12-11-18(20)19-9-6-10-21-22(19)28-14-13-27-21/h3-10H,2,11-16H2,1H3. The average Bonchev–Trinajstić information content (AvgIpc) is 2.74. The lowest BCUT2D eigenvalue weighted by atomic mass is 9.92. The first-order valence-electron chi connectivity index (χ1n) is 9.80.